The highest BCUT2D eigenvalue weighted by Crippen LogP contribution is 2.56. The Morgan fingerprint density at radius 3 is 2.38 bits per heavy atom. The molecule has 1 unspecified atom stereocenters. The molecule has 1 heterocycles. The van der Waals surface area contributed by atoms with Gasteiger partial charge in [-0.3, -0.25) is 0 Å². The molecule has 208 valence electrons. The summed E-state index contributed by atoms with van der Waals surface area (Å²) in [5, 5.41) is 11.0. The lowest BCUT2D eigenvalue weighted by Gasteiger charge is -2.48. The number of unbranched alkanes of at least 4 members (excludes halogenated alkanes) is 3. The number of carboxylic acids is 1. The molecule has 6 heteroatoms. The summed E-state index contributed by atoms with van der Waals surface area (Å²) in [4.78, 5) is 12.0. The zero-order chi connectivity index (χ0) is 27.8. The molecule has 1 aromatic carbocycles. The Morgan fingerprint density at radius 2 is 1.78 bits per heavy atom. The van der Waals surface area contributed by atoms with Crippen LogP contribution in [0.4, 0.5) is 0 Å². The zero-order valence-corrected chi connectivity index (χ0v) is 27.2. The molecule has 2 aliphatic rings. The van der Waals surface area contributed by atoms with Gasteiger partial charge in [-0.2, -0.15) is 0 Å². The van der Waals surface area contributed by atoms with Crippen molar-refractivity contribution in [2.24, 2.45) is 5.92 Å². The van der Waals surface area contributed by atoms with Crippen molar-refractivity contribution >= 4 is 30.2 Å². The highest BCUT2D eigenvalue weighted by molar-refractivity contribution is 9.09. The summed E-state index contributed by atoms with van der Waals surface area (Å²) in [6.45, 7) is 20.3. The number of halogens is 1. The second kappa shape index (κ2) is 11.1. The lowest BCUT2D eigenvalue weighted by atomic mass is 9.66. The Kier molecular flexibility index (Phi) is 9.06. The molecule has 0 aromatic heterocycles. The van der Waals surface area contributed by atoms with Crippen LogP contribution in [0.1, 0.15) is 110 Å². The van der Waals surface area contributed by atoms with Crippen LogP contribution in [0.3, 0.4) is 0 Å². The van der Waals surface area contributed by atoms with Crippen molar-refractivity contribution < 1.29 is 19.1 Å². The summed E-state index contributed by atoms with van der Waals surface area (Å²) < 4.78 is 13.8. The van der Waals surface area contributed by atoms with Crippen molar-refractivity contribution in [3.63, 3.8) is 0 Å². The lowest BCUT2D eigenvalue weighted by Crippen LogP contribution is -2.47. The van der Waals surface area contributed by atoms with E-state index in [0.717, 1.165) is 28.8 Å². The molecule has 1 N–H and O–H groups in total. The number of ether oxygens (including phenoxy) is 1. The maximum atomic E-state index is 12.0. The van der Waals surface area contributed by atoms with Crippen molar-refractivity contribution in [2.75, 3.05) is 5.33 Å². The van der Waals surface area contributed by atoms with E-state index >= 15 is 0 Å². The molecule has 0 fully saturated rings. The number of alkyl halides is 1. The van der Waals surface area contributed by atoms with Crippen LogP contribution < -0.4 is 9.16 Å². The third-order valence-corrected chi connectivity index (χ3v) is 14.1. The predicted molar refractivity (Wildman–Crippen MR) is 160 cm³/mol. The smallest absolute Gasteiger partial charge is 0.331 e. The molecule has 0 amide bonds. The number of allylic oxidation sites excluding steroid dienone is 1. The van der Waals surface area contributed by atoms with Gasteiger partial charge in [0.1, 0.15) is 17.1 Å². The van der Waals surface area contributed by atoms with Crippen LogP contribution in [0.15, 0.2) is 23.8 Å². The Morgan fingerprint density at radius 1 is 1.14 bits per heavy atom. The van der Waals surface area contributed by atoms with E-state index in [-0.39, 0.29) is 27.9 Å². The van der Waals surface area contributed by atoms with Crippen molar-refractivity contribution in [1.82, 2.24) is 0 Å². The van der Waals surface area contributed by atoms with Crippen molar-refractivity contribution in [2.45, 2.75) is 128 Å². The molecule has 1 aliphatic carbocycles. The minimum Gasteiger partial charge on any atom is -0.543 e. The highest BCUT2D eigenvalue weighted by atomic mass is 79.9. The van der Waals surface area contributed by atoms with Crippen LogP contribution >= 0.6 is 15.9 Å². The number of carboxylic acid groups (broad SMARTS) is 1. The van der Waals surface area contributed by atoms with Gasteiger partial charge in [-0.05, 0) is 80.8 Å². The highest BCUT2D eigenvalue weighted by Gasteiger charge is 2.48. The van der Waals surface area contributed by atoms with Crippen molar-refractivity contribution in [3.05, 3.63) is 34.9 Å². The summed E-state index contributed by atoms with van der Waals surface area (Å²) in [6, 6.07) is 4.51. The molecule has 3 rings (SSSR count). The van der Waals surface area contributed by atoms with Gasteiger partial charge in [0, 0.05) is 28.3 Å². The molecule has 0 radical (unpaired) electrons. The van der Waals surface area contributed by atoms with Gasteiger partial charge in [-0.25, -0.2) is 4.79 Å². The molecular weight excluding hydrogens is 544 g/mol. The van der Waals surface area contributed by atoms with Gasteiger partial charge in [-0.1, -0.05) is 75.9 Å². The van der Waals surface area contributed by atoms with E-state index in [4.69, 9.17) is 9.16 Å². The minimum absolute atomic E-state index is 0.0159. The first-order chi connectivity index (χ1) is 17.0. The molecule has 37 heavy (non-hydrogen) atoms. The standard InChI is InChI=1S/C31H49BrO4Si/c1-29(2,3)37(8,9)36-26-20-22(30(4,5)16-12-10-11-13-17-32)19-25-27(26)23-18-21(28(33)34)14-15-24(23)31(6,7)35-25/h14,19-20,23-24H,10-13,15-18H2,1-9H3,(H,33,34)/t23-,24?/m0/s1. The fraction of sp³-hybridized carbons (Fsp3) is 0.710. The SMILES string of the molecule is CC(C)(CCCCCCBr)c1cc2c(c(O[Si](C)(C)C(C)(C)C)c1)[C@H]1CC(C(=O)O)=CCC1C(C)(C)O2. The molecule has 0 saturated carbocycles. The Hall–Kier alpha value is -1.27. The fourth-order valence-electron chi connectivity index (χ4n) is 5.61. The molecular formula is C31H49BrO4Si. The van der Waals surface area contributed by atoms with E-state index in [1.807, 2.05) is 6.08 Å². The van der Waals surface area contributed by atoms with E-state index in [1.165, 1.54) is 31.2 Å². The average Bonchev–Trinajstić information content (AvgIpc) is 2.76. The maximum Gasteiger partial charge on any atom is 0.331 e. The normalized spacial score (nSPS) is 21.4. The van der Waals surface area contributed by atoms with Crippen molar-refractivity contribution in [3.8, 4) is 11.5 Å². The largest absolute Gasteiger partial charge is 0.543 e. The van der Waals surface area contributed by atoms with Gasteiger partial charge in [0.15, 0.2) is 0 Å². The molecule has 0 bridgehead atoms. The van der Waals surface area contributed by atoms with E-state index in [2.05, 4.69) is 89.6 Å². The monoisotopic (exact) mass is 592 g/mol. The van der Waals surface area contributed by atoms with Crippen LogP contribution in [-0.2, 0) is 10.2 Å². The first-order valence-electron chi connectivity index (χ1n) is 14.0. The third kappa shape index (κ3) is 6.66. The first kappa shape index (κ1) is 30.3. The Balaban J connectivity index is 2.10. The van der Waals surface area contributed by atoms with E-state index in [0.29, 0.717) is 18.4 Å². The maximum absolute atomic E-state index is 12.0. The summed E-state index contributed by atoms with van der Waals surface area (Å²) in [6.07, 6.45) is 9.15. The molecule has 1 aromatic rings. The summed E-state index contributed by atoms with van der Waals surface area (Å²) in [5.41, 5.74) is 2.44. The average molecular weight is 594 g/mol. The number of benzene rings is 1. The second-order valence-corrected chi connectivity index (χ2v) is 19.4. The van der Waals surface area contributed by atoms with Gasteiger partial charge in [0.05, 0.1) is 0 Å². The van der Waals surface area contributed by atoms with Crippen LogP contribution in [0.25, 0.3) is 0 Å². The van der Waals surface area contributed by atoms with Gasteiger partial charge in [0.25, 0.3) is 0 Å². The Bertz CT molecular complexity index is 1020. The van der Waals surface area contributed by atoms with Gasteiger partial charge >= 0.3 is 5.97 Å². The van der Waals surface area contributed by atoms with Crippen molar-refractivity contribution in [1.29, 1.82) is 0 Å². The summed E-state index contributed by atoms with van der Waals surface area (Å²) >= 11 is 3.54. The molecule has 2 atom stereocenters. The molecule has 0 saturated heterocycles. The second-order valence-electron chi connectivity index (χ2n) is 13.9. The number of fused-ring (bicyclic) bond motifs is 3. The topological polar surface area (TPSA) is 55.8 Å². The summed E-state index contributed by atoms with van der Waals surface area (Å²) in [5.74, 6) is 1.27. The van der Waals surface area contributed by atoms with Gasteiger partial charge in [-0.15, -0.1) is 0 Å². The molecule has 1 aliphatic heterocycles. The quantitative estimate of drug-likeness (QED) is 0.167. The first-order valence-corrected chi connectivity index (χ1v) is 18.1. The van der Waals surface area contributed by atoms with E-state index < -0.39 is 14.3 Å². The number of hydrogen-bond donors (Lipinski definition) is 1. The van der Waals surface area contributed by atoms with Gasteiger partial charge in [0.2, 0.25) is 8.32 Å². The third-order valence-electron chi connectivity index (χ3n) is 9.20. The van der Waals surface area contributed by atoms with Crippen LogP contribution in [0.5, 0.6) is 11.5 Å². The Labute approximate surface area is 234 Å². The lowest BCUT2D eigenvalue weighted by molar-refractivity contribution is -0.133. The minimum atomic E-state index is -2.15. The number of aliphatic carboxylic acids is 1. The van der Waals surface area contributed by atoms with Gasteiger partial charge < -0.3 is 14.3 Å². The number of carbonyl (C=O) groups is 1. The zero-order valence-electron chi connectivity index (χ0n) is 24.6. The van der Waals surface area contributed by atoms with E-state index in [9.17, 15) is 9.90 Å². The van der Waals surface area contributed by atoms with Crippen LogP contribution in [0.2, 0.25) is 18.1 Å². The van der Waals surface area contributed by atoms with Crippen LogP contribution in [0, 0.1) is 5.92 Å². The number of rotatable bonds is 10. The predicted octanol–water partition coefficient (Wildman–Crippen LogP) is 9.37. The van der Waals surface area contributed by atoms with Crippen LogP contribution in [-0.4, -0.2) is 30.3 Å². The number of hydrogen-bond acceptors (Lipinski definition) is 3. The molecule has 0 spiro atoms. The molecule has 4 nitrogen and oxygen atoms in total. The fourth-order valence-corrected chi connectivity index (χ4v) is 7.04. The van der Waals surface area contributed by atoms with E-state index in [1.54, 1.807) is 0 Å². The summed E-state index contributed by atoms with van der Waals surface area (Å²) in [7, 11) is -2.15.